The van der Waals surface area contributed by atoms with Gasteiger partial charge in [0, 0.05) is 23.9 Å². The van der Waals surface area contributed by atoms with Crippen molar-refractivity contribution in [2.75, 3.05) is 32.1 Å². The summed E-state index contributed by atoms with van der Waals surface area (Å²) in [4.78, 5) is 26.2. The van der Waals surface area contributed by atoms with Crippen molar-refractivity contribution >= 4 is 17.5 Å². The fraction of sp³-hybridized carbons (Fsp3) is 0.300. The summed E-state index contributed by atoms with van der Waals surface area (Å²) in [7, 11) is 1.51. The van der Waals surface area contributed by atoms with Crippen LogP contribution in [0.4, 0.5) is 18.9 Å². The quantitative estimate of drug-likeness (QED) is 0.720. The lowest BCUT2D eigenvalue weighted by Gasteiger charge is -2.20. The molecule has 0 radical (unpaired) electrons. The minimum absolute atomic E-state index is 0.00214. The zero-order chi connectivity index (χ0) is 21.4. The Morgan fingerprint density at radius 1 is 1.07 bits per heavy atom. The SMILES string of the molecule is CCN(CC(=O)Nc1cccc(OC)c1)C(=O)c1ccc(OCC(F)(F)F)cc1. The molecule has 2 rings (SSSR count). The molecule has 0 saturated carbocycles. The number of methoxy groups -OCH3 is 1. The lowest BCUT2D eigenvalue weighted by molar-refractivity contribution is -0.153. The molecule has 0 saturated heterocycles. The van der Waals surface area contributed by atoms with E-state index >= 15 is 0 Å². The predicted molar refractivity (Wildman–Crippen MR) is 101 cm³/mol. The van der Waals surface area contributed by atoms with Gasteiger partial charge < -0.3 is 19.7 Å². The van der Waals surface area contributed by atoms with Crippen molar-refractivity contribution in [1.82, 2.24) is 4.90 Å². The van der Waals surface area contributed by atoms with E-state index < -0.39 is 24.6 Å². The fourth-order valence-electron chi connectivity index (χ4n) is 2.44. The van der Waals surface area contributed by atoms with Gasteiger partial charge in [-0.3, -0.25) is 9.59 Å². The molecule has 0 unspecified atom stereocenters. The van der Waals surface area contributed by atoms with Crippen molar-refractivity contribution in [1.29, 1.82) is 0 Å². The van der Waals surface area contributed by atoms with Crippen LogP contribution in [0, 0.1) is 0 Å². The zero-order valence-corrected chi connectivity index (χ0v) is 16.0. The number of amides is 2. The topological polar surface area (TPSA) is 67.9 Å². The van der Waals surface area contributed by atoms with Gasteiger partial charge >= 0.3 is 6.18 Å². The van der Waals surface area contributed by atoms with Gasteiger partial charge in [0.25, 0.3) is 5.91 Å². The summed E-state index contributed by atoms with van der Waals surface area (Å²) in [6, 6.07) is 12.1. The minimum atomic E-state index is -4.44. The molecule has 2 amide bonds. The molecule has 29 heavy (non-hydrogen) atoms. The first kappa shape index (κ1) is 22.1. The van der Waals surface area contributed by atoms with Crippen LogP contribution in [0.25, 0.3) is 0 Å². The number of hydrogen-bond acceptors (Lipinski definition) is 4. The smallest absolute Gasteiger partial charge is 0.422 e. The lowest BCUT2D eigenvalue weighted by atomic mass is 10.2. The maximum Gasteiger partial charge on any atom is 0.422 e. The Labute approximate surface area is 166 Å². The molecule has 0 aromatic heterocycles. The molecule has 0 aliphatic rings. The number of nitrogens with zero attached hydrogens (tertiary/aromatic N) is 1. The number of hydrogen-bond donors (Lipinski definition) is 1. The fourth-order valence-corrected chi connectivity index (χ4v) is 2.44. The van der Waals surface area contributed by atoms with Crippen molar-refractivity contribution in [2.24, 2.45) is 0 Å². The lowest BCUT2D eigenvalue weighted by Crippen LogP contribution is -2.37. The zero-order valence-electron chi connectivity index (χ0n) is 16.0. The van der Waals surface area contributed by atoms with Crippen LogP contribution in [0.3, 0.4) is 0 Å². The van der Waals surface area contributed by atoms with Gasteiger partial charge in [0.1, 0.15) is 18.0 Å². The molecule has 2 aromatic rings. The summed E-state index contributed by atoms with van der Waals surface area (Å²) in [5.74, 6) is -0.231. The molecule has 0 heterocycles. The van der Waals surface area contributed by atoms with E-state index in [1.54, 1.807) is 31.2 Å². The molecule has 2 aromatic carbocycles. The maximum atomic E-state index is 12.6. The van der Waals surface area contributed by atoms with Crippen molar-refractivity contribution < 1.29 is 32.2 Å². The number of likely N-dealkylation sites (N-methyl/N-ethyl adjacent to an activating group) is 1. The van der Waals surface area contributed by atoms with E-state index in [0.717, 1.165) is 0 Å². The Kier molecular flexibility index (Phi) is 7.46. The van der Waals surface area contributed by atoms with Gasteiger partial charge in [-0.15, -0.1) is 0 Å². The van der Waals surface area contributed by atoms with Gasteiger partial charge in [-0.1, -0.05) is 6.07 Å². The van der Waals surface area contributed by atoms with Crippen LogP contribution in [-0.4, -0.2) is 49.7 Å². The monoisotopic (exact) mass is 410 g/mol. The van der Waals surface area contributed by atoms with Crippen molar-refractivity contribution in [3.05, 3.63) is 54.1 Å². The van der Waals surface area contributed by atoms with E-state index in [4.69, 9.17) is 4.74 Å². The average Bonchev–Trinajstić information content (AvgIpc) is 2.70. The first-order chi connectivity index (χ1) is 13.7. The molecule has 0 spiro atoms. The van der Waals surface area contributed by atoms with Crippen molar-refractivity contribution in [3.8, 4) is 11.5 Å². The highest BCUT2D eigenvalue weighted by Crippen LogP contribution is 2.20. The van der Waals surface area contributed by atoms with Gasteiger partial charge in [0.15, 0.2) is 6.61 Å². The van der Waals surface area contributed by atoms with Crippen molar-refractivity contribution in [3.63, 3.8) is 0 Å². The second kappa shape index (κ2) is 9.81. The van der Waals surface area contributed by atoms with E-state index in [1.165, 1.54) is 36.3 Å². The van der Waals surface area contributed by atoms with E-state index in [-0.39, 0.29) is 24.4 Å². The maximum absolute atomic E-state index is 12.6. The van der Waals surface area contributed by atoms with Crippen LogP contribution in [0.2, 0.25) is 0 Å². The number of benzene rings is 2. The molecule has 6 nitrogen and oxygen atoms in total. The molecule has 0 bridgehead atoms. The van der Waals surface area contributed by atoms with E-state index in [9.17, 15) is 22.8 Å². The molecule has 1 N–H and O–H groups in total. The van der Waals surface area contributed by atoms with Gasteiger partial charge in [0.2, 0.25) is 5.91 Å². The second-order valence-corrected chi connectivity index (χ2v) is 6.03. The first-order valence-corrected chi connectivity index (χ1v) is 8.74. The Hall–Kier alpha value is -3.23. The Bertz CT molecular complexity index is 838. The number of halogens is 3. The number of rotatable bonds is 8. The third-order valence-corrected chi connectivity index (χ3v) is 3.86. The summed E-state index contributed by atoms with van der Waals surface area (Å²) in [5, 5.41) is 2.69. The summed E-state index contributed by atoms with van der Waals surface area (Å²) in [6.45, 7) is 0.402. The van der Waals surface area contributed by atoms with E-state index in [0.29, 0.717) is 11.4 Å². The van der Waals surface area contributed by atoms with Crippen LogP contribution >= 0.6 is 0 Å². The van der Waals surface area contributed by atoms with Crippen LogP contribution in [0.1, 0.15) is 17.3 Å². The largest absolute Gasteiger partial charge is 0.497 e. The summed E-state index contributed by atoms with van der Waals surface area (Å²) < 4.78 is 46.3. The normalized spacial score (nSPS) is 10.9. The van der Waals surface area contributed by atoms with Crippen LogP contribution in [-0.2, 0) is 4.79 Å². The highest BCUT2D eigenvalue weighted by Gasteiger charge is 2.28. The average molecular weight is 410 g/mol. The highest BCUT2D eigenvalue weighted by atomic mass is 19.4. The van der Waals surface area contributed by atoms with Crippen LogP contribution in [0.15, 0.2) is 48.5 Å². The van der Waals surface area contributed by atoms with Crippen LogP contribution in [0.5, 0.6) is 11.5 Å². The Balaban J connectivity index is 1.97. The predicted octanol–water partition coefficient (Wildman–Crippen LogP) is 3.74. The Morgan fingerprint density at radius 3 is 2.34 bits per heavy atom. The molecule has 0 aliphatic carbocycles. The molecular formula is C20H21F3N2O4. The number of anilines is 1. The third kappa shape index (κ3) is 7.02. The number of carbonyl (C=O) groups is 2. The van der Waals surface area contributed by atoms with E-state index in [1.807, 2.05) is 0 Å². The van der Waals surface area contributed by atoms with Gasteiger partial charge in [0.05, 0.1) is 7.11 Å². The minimum Gasteiger partial charge on any atom is -0.497 e. The van der Waals surface area contributed by atoms with Gasteiger partial charge in [-0.25, -0.2) is 0 Å². The van der Waals surface area contributed by atoms with E-state index in [2.05, 4.69) is 10.1 Å². The highest BCUT2D eigenvalue weighted by molar-refractivity contribution is 5.99. The van der Waals surface area contributed by atoms with Crippen LogP contribution < -0.4 is 14.8 Å². The molecule has 156 valence electrons. The molecule has 0 aliphatic heterocycles. The van der Waals surface area contributed by atoms with Crippen molar-refractivity contribution in [2.45, 2.75) is 13.1 Å². The number of carbonyl (C=O) groups excluding carboxylic acids is 2. The third-order valence-electron chi connectivity index (χ3n) is 3.86. The van der Waals surface area contributed by atoms with Gasteiger partial charge in [-0.2, -0.15) is 13.2 Å². The number of nitrogens with one attached hydrogen (secondary N) is 1. The number of alkyl halides is 3. The summed E-state index contributed by atoms with van der Waals surface area (Å²) in [6.07, 6.45) is -4.44. The summed E-state index contributed by atoms with van der Waals surface area (Å²) in [5.41, 5.74) is 0.768. The molecule has 9 heteroatoms. The summed E-state index contributed by atoms with van der Waals surface area (Å²) >= 11 is 0. The number of ether oxygens (including phenoxy) is 2. The second-order valence-electron chi connectivity index (χ2n) is 6.03. The Morgan fingerprint density at radius 2 is 1.76 bits per heavy atom. The molecule has 0 atom stereocenters. The standard InChI is InChI=1S/C20H21F3N2O4/c1-3-25(12-18(26)24-15-5-4-6-17(11-15)28-2)19(27)14-7-9-16(10-8-14)29-13-20(21,22)23/h4-11H,3,12-13H2,1-2H3,(H,24,26). The first-order valence-electron chi connectivity index (χ1n) is 8.74. The van der Waals surface area contributed by atoms with Gasteiger partial charge in [-0.05, 0) is 43.3 Å². The molecular weight excluding hydrogens is 389 g/mol. The molecule has 0 fully saturated rings.